The summed E-state index contributed by atoms with van der Waals surface area (Å²) in [5.41, 5.74) is 12.0. The first-order valence-electron chi connectivity index (χ1n) is 4.72. The van der Waals surface area contributed by atoms with Gasteiger partial charge in [0.2, 0.25) is 5.91 Å². The number of aryl methyl sites for hydroxylation is 1. The second-order valence-corrected chi connectivity index (χ2v) is 4.54. The number of carbonyl (C=O) groups is 1. The monoisotopic (exact) mass is 237 g/mol. The van der Waals surface area contributed by atoms with E-state index in [0.717, 1.165) is 10.3 Å². The molecule has 16 heavy (non-hydrogen) atoms. The topological polar surface area (TPSA) is 102 Å². The summed E-state index contributed by atoms with van der Waals surface area (Å²) in [5.74, 6) is -0.270. The van der Waals surface area contributed by atoms with Crippen LogP contribution in [0, 0.1) is 0 Å². The number of phenolic OH excluding ortho intramolecular Hbond substituents is 1. The molecule has 0 unspecified atom stereocenters. The summed E-state index contributed by atoms with van der Waals surface area (Å²) >= 11 is 1.31. The number of thiazole rings is 1. The predicted molar refractivity (Wildman–Crippen MR) is 63.2 cm³/mol. The number of fused-ring (bicyclic) bond motifs is 1. The highest BCUT2D eigenvalue weighted by atomic mass is 32.1. The first-order chi connectivity index (χ1) is 7.56. The molecule has 2 aromatic rings. The lowest BCUT2D eigenvalue weighted by molar-refractivity contribution is -0.117. The van der Waals surface area contributed by atoms with Gasteiger partial charge >= 0.3 is 0 Å². The molecule has 0 aliphatic rings. The molecule has 5 N–H and O–H groups in total. The average Bonchev–Trinajstić information content (AvgIpc) is 2.56. The number of nitrogen functional groups attached to an aromatic ring is 1. The second-order valence-electron chi connectivity index (χ2n) is 3.48. The van der Waals surface area contributed by atoms with Crippen LogP contribution in [-0.2, 0) is 11.2 Å². The van der Waals surface area contributed by atoms with Crippen molar-refractivity contribution in [3.63, 3.8) is 0 Å². The van der Waals surface area contributed by atoms with Crippen LogP contribution in [0.2, 0.25) is 0 Å². The molecule has 1 amide bonds. The van der Waals surface area contributed by atoms with Crippen LogP contribution in [0.1, 0.15) is 12.0 Å². The molecule has 0 atom stereocenters. The van der Waals surface area contributed by atoms with E-state index in [4.69, 9.17) is 11.5 Å². The molecule has 0 fully saturated rings. The van der Waals surface area contributed by atoms with Gasteiger partial charge in [0.25, 0.3) is 0 Å². The van der Waals surface area contributed by atoms with Gasteiger partial charge < -0.3 is 16.6 Å². The average molecular weight is 237 g/mol. The summed E-state index contributed by atoms with van der Waals surface area (Å²) in [6.45, 7) is 0. The van der Waals surface area contributed by atoms with Gasteiger partial charge in [0.15, 0.2) is 5.13 Å². The molecule has 0 bridgehead atoms. The highest BCUT2D eigenvalue weighted by Crippen LogP contribution is 2.32. The number of carbonyl (C=O) groups excluding carboxylic acids is 1. The molecule has 1 heterocycles. The number of nitrogens with two attached hydrogens (primary N) is 2. The van der Waals surface area contributed by atoms with E-state index >= 15 is 0 Å². The van der Waals surface area contributed by atoms with Crippen molar-refractivity contribution >= 4 is 32.6 Å². The minimum atomic E-state index is -0.358. The summed E-state index contributed by atoms with van der Waals surface area (Å²) in [6, 6.07) is 3.45. The van der Waals surface area contributed by atoms with Gasteiger partial charge in [-0.15, -0.1) is 0 Å². The number of nitrogens with zero attached hydrogens (tertiary/aromatic N) is 1. The van der Waals surface area contributed by atoms with Gasteiger partial charge in [-0.1, -0.05) is 11.3 Å². The van der Waals surface area contributed by atoms with Crippen LogP contribution >= 0.6 is 11.3 Å². The molecule has 0 aliphatic heterocycles. The fourth-order valence-corrected chi connectivity index (χ4v) is 2.32. The Balaban J connectivity index is 2.37. The Kier molecular flexibility index (Phi) is 2.66. The maximum atomic E-state index is 10.7. The Hall–Kier alpha value is -1.82. The normalized spacial score (nSPS) is 10.8. The van der Waals surface area contributed by atoms with Crippen LogP contribution in [0.5, 0.6) is 5.75 Å². The van der Waals surface area contributed by atoms with Gasteiger partial charge in [-0.3, -0.25) is 4.79 Å². The lowest BCUT2D eigenvalue weighted by atomic mass is 10.1. The first-order valence-corrected chi connectivity index (χ1v) is 5.54. The van der Waals surface area contributed by atoms with E-state index < -0.39 is 0 Å². The minimum absolute atomic E-state index is 0.0879. The molecule has 0 saturated heterocycles. The molecule has 5 nitrogen and oxygen atoms in total. The van der Waals surface area contributed by atoms with Crippen molar-refractivity contribution in [1.82, 2.24) is 4.98 Å². The summed E-state index contributed by atoms with van der Waals surface area (Å²) in [7, 11) is 0. The summed E-state index contributed by atoms with van der Waals surface area (Å²) in [5, 5.41) is 10.1. The largest absolute Gasteiger partial charge is 0.506 e. The summed E-state index contributed by atoms with van der Waals surface area (Å²) in [6.07, 6.45) is 0.774. The van der Waals surface area contributed by atoms with Crippen LogP contribution in [0.4, 0.5) is 5.13 Å². The molecule has 84 valence electrons. The Bertz CT molecular complexity index is 550. The third-order valence-corrected chi connectivity index (χ3v) is 3.04. The van der Waals surface area contributed by atoms with Gasteiger partial charge in [-0.25, -0.2) is 4.98 Å². The van der Waals surface area contributed by atoms with Gasteiger partial charge in [0.05, 0.1) is 4.70 Å². The highest BCUT2D eigenvalue weighted by molar-refractivity contribution is 7.22. The molecular weight excluding hydrogens is 226 g/mol. The Morgan fingerprint density at radius 3 is 2.94 bits per heavy atom. The number of benzene rings is 1. The third kappa shape index (κ3) is 2.06. The van der Waals surface area contributed by atoms with E-state index in [1.54, 1.807) is 6.07 Å². The number of aromatic nitrogens is 1. The van der Waals surface area contributed by atoms with Crippen LogP contribution in [0.25, 0.3) is 10.2 Å². The molecule has 2 rings (SSSR count). The van der Waals surface area contributed by atoms with E-state index in [9.17, 15) is 9.90 Å². The van der Waals surface area contributed by atoms with Gasteiger partial charge in [0, 0.05) is 6.42 Å². The Morgan fingerprint density at radius 2 is 2.25 bits per heavy atom. The number of hydrogen-bond donors (Lipinski definition) is 3. The second kappa shape index (κ2) is 3.97. The molecule has 0 spiro atoms. The molecule has 0 aliphatic carbocycles. The quantitative estimate of drug-likeness (QED) is 0.741. The fraction of sp³-hybridized carbons (Fsp3) is 0.200. The molecule has 0 saturated carbocycles. The number of hydrogen-bond acceptors (Lipinski definition) is 5. The third-order valence-electron chi connectivity index (χ3n) is 2.21. The SMILES string of the molecule is NC(=O)CCc1cc(O)c2nc(N)sc2c1. The van der Waals surface area contributed by atoms with Gasteiger partial charge in [0.1, 0.15) is 11.3 Å². The van der Waals surface area contributed by atoms with Crippen molar-refractivity contribution in [3.05, 3.63) is 17.7 Å². The minimum Gasteiger partial charge on any atom is -0.506 e. The van der Waals surface area contributed by atoms with E-state index in [0.29, 0.717) is 17.1 Å². The van der Waals surface area contributed by atoms with Crippen molar-refractivity contribution in [3.8, 4) is 5.75 Å². The van der Waals surface area contributed by atoms with Crippen molar-refractivity contribution in [2.75, 3.05) is 5.73 Å². The predicted octanol–water partition coefficient (Wildman–Crippen LogP) is 1.00. The lowest BCUT2D eigenvalue weighted by Gasteiger charge is -2.00. The van der Waals surface area contributed by atoms with Crippen LogP contribution in [0.3, 0.4) is 0 Å². The molecule has 0 radical (unpaired) electrons. The standard InChI is InChI=1S/C10H11N3O2S/c11-8(15)2-1-5-3-6(14)9-7(4-5)16-10(12)13-9/h3-4,14H,1-2H2,(H2,11,15)(H2,12,13). The van der Waals surface area contributed by atoms with Crippen LogP contribution in [0.15, 0.2) is 12.1 Å². The van der Waals surface area contributed by atoms with E-state index in [-0.39, 0.29) is 18.1 Å². The molecule has 6 heteroatoms. The van der Waals surface area contributed by atoms with Crippen molar-refractivity contribution in [2.24, 2.45) is 5.73 Å². The number of amides is 1. The number of rotatable bonds is 3. The number of primary amides is 1. The van der Waals surface area contributed by atoms with E-state index in [1.165, 1.54) is 11.3 Å². The lowest BCUT2D eigenvalue weighted by Crippen LogP contribution is -2.11. The number of phenols is 1. The van der Waals surface area contributed by atoms with Gasteiger partial charge in [-0.05, 0) is 24.1 Å². The Labute approximate surface area is 95.7 Å². The fourth-order valence-electron chi connectivity index (χ4n) is 1.50. The number of anilines is 1. The van der Waals surface area contributed by atoms with Crippen LogP contribution < -0.4 is 11.5 Å². The maximum Gasteiger partial charge on any atom is 0.217 e. The zero-order valence-corrected chi connectivity index (χ0v) is 9.25. The van der Waals surface area contributed by atoms with E-state index in [2.05, 4.69) is 4.98 Å². The van der Waals surface area contributed by atoms with Crippen molar-refractivity contribution in [1.29, 1.82) is 0 Å². The molecular formula is C10H11N3O2S. The Morgan fingerprint density at radius 1 is 1.50 bits per heavy atom. The van der Waals surface area contributed by atoms with Crippen molar-refractivity contribution in [2.45, 2.75) is 12.8 Å². The zero-order chi connectivity index (χ0) is 11.7. The van der Waals surface area contributed by atoms with E-state index in [1.807, 2.05) is 6.07 Å². The van der Waals surface area contributed by atoms with Gasteiger partial charge in [-0.2, -0.15) is 0 Å². The maximum absolute atomic E-state index is 10.7. The van der Waals surface area contributed by atoms with Crippen molar-refractivity contribution < 1.29 is 9.90 Å². The highest BCUT2D eigenvalue weighted by Gasteiger charge is 2.08. The first kappa shape index (κ1) is 10.7. The summed E-state index contributed by atoms with van der Waals surface area (Å²) < 4.78 is 0.817. The summed E-state index contributed by atoms with van der Waals surface area (Å²) in [4.78, 5) is 14.7. The molecule has 1 aromatic heterocycles. The smallest absolute Gasteiger partial charge is 0.217 e. The molecule has 1 aromatic carbocycles. The number of aromatic hydroxyl groups is 1. The van der Waals surface area contributed by atoms with Crippen LogP contribution in [-0.4, -0.2) is 16.0 Å². The zero-order valence-electron chi connectivity index (χ0n) is 8.43.